The lowest BCUT2D eigenvalue weighted by molar-refractivity contribution is -0.116. The van der Waals surface area contributed by atoms with Gasteiger partial charge in [0, 0.05) is 12.1 Å². The van der Waals surface area contributed by atoms with Gasteiger partial charge in [-0.05, 0) is 43.4 Å². The van der Waals surface area contributed by atoms with Crippen molar-refractivity contribution in [3.63, 3.8) is 0 Å². The van der Waals surface area contributed by atoms with E-state index in [9.17, 15) is 4.79 Å². The van der Waals surface area contributed by atoms with Crippen LogP contribution in [-0.4, -0.2) is 5.91 Å². The smallest absolute Gasteiger partial charge is 0.224 e. The molecule has 1 fully saturated rings. The second-order valence-electron chi connectivity index (χ2n) is 4.34. The number of benzene rings is 1. The van der Waals surface area contributed by atoms with Crippen LogP contribution in [0.4, 0.5) is 5.69 Å². The summed E-state index contributed by atoms with van der Waals surface area (Å²) in [6.07, 6.45) is 2.95. The summed E-state index contributed by atoms with van der Waals surface area (Å²) in [5.74, 6) is 0.639. The van der Waals surface area contributed by atoms with Crippen molar-refractivity contribution in [3.8, 4) is 6.07 Å². The van der Waals surface area contributed by atoms with Gasteiger partial charge < -0.3 is 5.32 Å². The molecule has 0 atom stereocenters. The topological polar surface area (TPSA) is 52.9 Å². The Hall–Kier alpha value is -1.82. The fourth-order valence-electron chi connectivity index (χ4n) is 1.61. The molecule has 0 saturated heterocycles. The lowest BCUT2D eigenvalue weighted by atomic mass is 10.1. The number of hydrogen-bond acceptors (Lipinski definition) is 2. The molecule has 1 aromatic rings. The van der Waals surface area contributed by atoms with E-state index in [0.29, 0.717) is 17.9 Å². The quantitative estimate of drug-likeness (QED) is 0.840. The lowest BCUT2D eigenvalue weighted by Crippen LogP contribution is -2.12. The third kappa shape index (κ3) is 2.60. The Kier molecular flexibility index (Phi) is 2.91. The molecule has 3 heteroatoms. The minimum absolute atomic E-state index is 0.0562. The average molecular weight is 214 g/mol. The molecule has 0 radical (unpaired) electrons. The first kappa shape index (κ1) is 10.7. The molecular weight excluding hydrogens is 200 g/mol. The van der Waals surface area contributed by atoms with E-state index in [1.165, 1.54) is 12.8 Å². The second-order valence-corrected chi connectivity index (χ2v) is 4.34. The van der Waals surface area contributed by atoms with Crippen LogP contribution in [0.1, 0.15) is 30.4 Å². The predicted octanol–water partition coefficient (Wildman–Crippen LogP) is 2.61. The van der Waals surface area contributed by atoms with Gasteiger partial charge in [-0.1, -0.05) is 6.07 Å². The van der Waals surface area contributed by atoms with E-state index in [1.807, 2.05) is 13.0 Å². The van der Waals surface area contributed by atoms with Crippen LogP contribution in [-0.2, 0) is 4.79 Å². The molecule has 0 aromatic heterocycles. The fourth-order valence-corrected chi connectivity index (χ4v) is 1.61. The number of nitrogens with zero attached hydrogens (tertiary/aromatic N) is 1. The highest BCUT2D eigenvalue weighted by molar-refractivity contribution is 5.92. The summed E-state index contributed by atoms with van der Waals surface area (Å²) in [7, 11) is 0. The van der Waals surface area contributed by atoms with Crippen LogP contribution in [0.5, 0.6) is 0 Å². The summed E-state index contributed by atoms with van der Waals surface area (Å²) in [5.41, 5.74) is 2.32. The van der Waals surface area contributed by atoms with Crippen molar-refractivity contribution in [1.29, 1.82) is 5.26 Å². The first-order valence-corrected chi connectivity index (χ1v) is 5.49. The third-order valence-electron chi connectivity index (χ3n) is 2.81. The Balaban J connectivity index is 2.07. The van der Waals surface area contributed by atoms with Crippen LogP contribution < -0.4 is 5.32 Å². The molecule has 0 spiro atoms. The van der Waals surface area contributed by atoms with Crippen molar-refractivity contribution < 1.29 is 4.79 Å². The molecule has 1 aliphatic carbocycles. The number of aryl methyl sites for hydroxylation is 1. The maximum absolute atomic E-state index is 11.6. The van der Waals surface area contributed by atoms with Crippen LogP contribution >= 0.6 is 0 Å². The number of hydrogen-bond donors (Lipinski definition) is 1. The predicted molar refractivity (Wildman–Crippen MR) is 61.9 cm³/mol. The third-order valence-corrected chi connectivity index (χ3v) is 2.81. The summed E-state index contributed by atoms with van der Waals surface area (Å²) in [6, 6.07) is 7.40. The second kappa shape index (κ2) is 4.36. The number of amides is 1. The minimum Gasteiger partial charge on any atom is -0.326 e. The molecular formula is C13H14N2O. The minimum atomic E-state index is 0.0562. The first-order valence-electron chi connectivity index (χ1n) is 5.49. The Labute approximate surface area is 95.1 Å². The Bertz CT molecular complexity index is 455. The Morgan fingerprint density at radius 2 is 2.31 bits per heavy atom. The molecule has 0 heterocycles. The van der Waals surface area contributed by atoms with Crippen molar-refractivity contribution in [3.05, 3.63) is 29.3 Å². The Morgan fingerprint density at radius 1 is 1.56 bits per heavy atom. The molecule has 3 nitrogen and oxygen atoms in total. The van der Waals surface area contributed by atoms with Crippen LogP contribution in [0.15, 0.2) is 18.2 Å². The van der Waals surface area contributed by atoms with Crippen LogP contribution in [0.25, 0.3) is 0 Å². The largest absolute Gasteiger partial charge is 0.326 e. The van der Waals surface area contributed by atoms with Gasteiger partial charge in [-0.3, -0.25) is 4.79 Å². The van der Waals surface area contributed by atoms with Crippen molar-refractivity contribution in [2.45, 2.75) is 26.2 Å². The molecule has 82 valence electrons. The van der Waals surface area contributed by atoms with Gasteiger partial charge >= 0.3 is 0 Å². The average Bonchev–Trinajstić information content (AvgIpc) is 3.05. The zero-order chi connectivity index (χ0) is 11.5. The highest BCUT2D eigenvalue weighted by Gasteiger charge is 2.24. The van der Waals surface area contributed by atoms with E-state index in [1.54, 1.807) is 12.1 Å². The van der Waals surface area contributed by atoms with Gasteiger partial charge in [0.05, 0.1) is 11.6 Å². The molecule has 0 bridgehead atoms. The van der Waals surface area contributed by atoms with E-state index in [-0.39, 0.29) is 5.91 Å². The van der Waals surface area contributed by atoms with Crippen molar-refractivity contribution >= 4 is 11.6 Å². The molecule has 1 saturated carbocycles. The van der Waals surface area contributed by atoms with Gasteiger partial charge in [-0.2, -0.15) is 5.26 Å². The monoisotopic (exact) mass is 214 g/mol. The van der Waals surface area contributed by atoms with Gasteiger partial charge in [-0.15, -0.1) is 0 Å². The number of carbonyl (C=O) groups excluding carboxylic acids is 1. The normalized spacial score (nSPS) is 14.2. The number of rotatable bonds is 3. The van der Waals surface area contributed by atoms with E-state index >= 15 is 0 Å². The zero-order valence-electron chi connectivity index (χ0n) is 9.29. The number of anilines is 1. The van der Waals surface area contributed by atoms with Crippen molar-refractivity contribution in [2.75, 3.05) is 5.32 Å². The molecule has 0 unspecified atom stereocenters. The highest BCUT2D eigenvalue weighted by Crippen LogP contribution is 2.32. The van der Waals surface area contributed by atoms with Crippen molar-refractivity contribution in [1.82, 2.24) is 0 Å². The zero-order valence-corrected chi connectivity index (χ0v) is 9.29. The lowest BCUT2D eigenvalue weighted by Gasteiger charge is -2.08. The van der Waals surface area contributed by atoms with E-state index in [4.69, 9.17) is 5.26 Å². The van der Waals surface area contributed by atoms with Gasteiger partial charge in [0.2, 0.25) is 5.91 Å². The van der Waals surface area contributed by atoms with Crippen LogP contribution in [0.3, 0.4) is 0 Å². The molecule has 1 aliphatic rings. The molecule has 1 N–H and O–H groups in total. The van der Waals surface area contributed by atoms with Crippen LogP contribution in [0.2, 0.25) is 0 Å². The fraction of sp³-hybridized carbons (Fsp3) is 0.385. The summed E-state index contributed by atoms with van der Waals surface area (Å²) < 4.78 is 0. The summed E-state index contributed by atoms with van der Waals surface area (Å²) in [4.78, 5) is 11.6. The van der Waals surface area contributed by atoms with E-state index in [2.05, 4.69) is 11.4 Å². The van der Waals surface area contributed by atoms with E-state index in [0.717, 1.165) is 11.3 Å². The number of carbonyl (C=O) groups is 1. The highest BCUT2D eigenvalue weighted by atomic mass is 16.1. The molecule has 1 aromatic carbocycles. The molecule has 1 amide bonds. The van der Waals surface area contributed by atoms with Gasteiger partial charge in [0.1, 0.15) is 0 Å². The Morgan fingerprint density at radius 3 is 2.94 bits per heavy atom. The van der Waals surface area contributed by atoms with Crippen LogP contribution in [0, 0.1) is 24.2 Å². The SMILES string of the molecule is Cc1ccc(C#N)cc1NC(=O)CC1CC1. The summed E-state index contributed by atoms with van der Waals surface area (Å²) in [5, 5.41) is 11.6. The standard InChI is InChI=1S/C13H14N2O/c1-9-2-3-11(8-14)6-12(9)15-13(16)7-10-4-5-10/h2-3,6,10H,4-5,7H2,1H3,(H,15,16). The maximum atomic E-state index is 11.6. The molecule has 16 heavy (non-hydrogen) atoms. The molecule has 0 aliphatic heterocycles. The summed E-state index contributed by atoms with van der Waals surface area (Å²) >= 11 is 0. The maximum Gasteiger partial charge on any atom is 0.224 e. The number of nitriles is 1. The first-order chi connectivity index (χ1) is 7.69. The van der Waals surface area contributed by atoms with Crippen molar-refractivity contribution in [2.24, 2.45) is 5.92 Å². The van der Waals surface area contributed by atoms with E-state index < -0.39 is 0 Å². The summed E-state index contributed by atoms with van der Waals surface area (Å²) in [6.45, 7) is 1.92. The molecule has 2 rings (SSSR count). The number of nitrogens with one attached hydrogen (secondary N) is 1. The van der Waals surface area contributed by atoms with Gasteiger partial charge in [0.25, 0.3) is 0 Å². The van der Waals surface area contributed by atoms with Gasteiger partial charge in [-0.25, -0.2) is 0 Å². The van der Waals surface area contributed by atoms with Gasteiger partial charge in [0.15, 0.2) is 0 Å².